The van der Waals surface area contributed by atoms with Gasteiger partial charge in [0.1, 0.15) is 5.76 Å². The van der Waals surface area contributed by atoms with Crippen molar-refractivity contribution in [1.82, 2.24) is 10.1 Å². The fraction of sp³-hybridized carbons (Fsp3) is 0.750. The highest BCUT2D eigenvalue weighted by Gasteiger charge is 2.62. The first-order chi connectivity index (χ1) is 8.93. The first-order valence-electron chi connectivity index (χ1n) is 6.23. The highest BCUT2D eigenvalue weighted by Crippen LogP contribution is 2.42. The summed E-state index contributed by atoms with van der Waals surface area (Å²) >= 11 is 0. The molecule has 2 aliphatic rings. The van der Waals surface area contributed by atoms with Crippen LogP contribution in [0.2, 0.25) is 0 Å². The number of hydrogen-bond acceptors (Lipinski definition) is 4. The molecule has 0 atom stereocenters. The van der Waals surface area contributed by atoms with Gasteiger partial charge >= 0.3 is 6.18 Å². The molecule has 1 saturated carbocycles. The van der Waals surface area contributed by atoms with Crippen LogP contribution in [-0.2, 0) is 11.3 Å². The number of halogens is 3. The summed E-state index contributed by atoms with van der Waals surface area (Å²) in [7, 11) is 1.10. The van der Waals surface area contributed by atoms with E-state index in [0.717, 1.165) is 25.7 Å². The lowest BCUT2D eigenvalue weighted by molar-refractivity contribution is -0.312. The van der Waals surface area contributed by atoms with E-state index in [1.165, 1.54) is 0 Å². The summed E-state index contributed by atoms with van der Waals surface area (Å²) in [5.74, 6) is 1.32. The monoisotopic (exact) mass is 276 g/mol. The molecule has 1 aliphatic heterocycles. The number of nitrogens with zero attached hydrogens (tertiary/aromatic N) is 2. The zero-order valence-corrected chi connectivity index (χ0v) is 10.5. The lowest BCUT2D eigenvalue weighted by atomic mass is 9.93. The number of alkyl halides is 3. The number of ether oxygens (including phenoxy) is 1. The quantitative estimate of drug-likeness (QED) is 0.846. The molecule has 7 heteroatoms. The van der Waals surface area contributed by atoms with Crippen LogP contribution in [0.1, 0.15) is 30.2 Å². The van der Waals surface area contributed by atoms with Crippen molar-refractivity contribution in [3.05, 3.63) is 17.5 Å². The van der Waals surface area contributed by atoms with Crippen LogP contribution >= 0.6 is 0 Å². The lowest BCUT2D eigenvalue weighted by Gasteiger charge is -2.49. The van der Waals surface area contributed by atoms with Crippen LogP contribution < -0.4 is 0 Å². The fourth-order valence-electron chi connectivity index (χ4n) is 2.40. The molecular formula is C12H15F3N2O2. The van der Waals surface area contributed by atoms with Gasteiger partial charge in [-0.05, 0) is 12.8 Å². The van der Waals surface area contributed by atoms with E-state index < -0.39 is 11.8 Å². The van der Waals surface area contributed by atoms with E-state index in [0.29, 0.717) is 18.2 Å². The maximum Gasteiger partial charge on any atom is 0.419 e. The van der Waals surface area contributed by atoms with E-state index in [1.54, 1.807) is 4.90 Å². The Morgan fingerprint density at radius 3 is 2.68 bits per heavy atom. The van der Waals surface area contributed by atoms with Gasteiger partial charge in [-0.1, -0.05) is 5.16 Å². The van der Waals surface area contributed by atoms with Crippen molar-refractivity contribution in [2.75, 3.05) is 20.2 Å². The van der Waals surface area contributed by atoms with Gasteiger partial charge in [0.05, 0.1) is 5.69 Å². The molecular weight excluding hydrogens is 261 g/mol. The second-order valence-corrected chi connectivity index (χ2v) is 5.34. The molecule has 19 heavy (non-hydrogen) atoms. The van der Waals surface area contributed by atoms with E-state index in [4.69, 9.17) is 4.52 Å². The predicted octanol–water partition coefficient (Wildman–Crippen LogP) is 2.32. The zero-order chi connectivity index (χ0) is 13.7. The minimum Gasteiger partial charge on any atom is -0.366 e. The van der Waals surface area contributed by atoms with Gasteiger partial charge in [0.15, 0.2) is 5.60 Å². The Morgan fingerprint density at radius 1 is 1.47 bits per heavy atom. The molecule has 3 rings (SSSR count). The van der Waals surface area contributed by atoms with E-state index >= 15 is 0 Å². The smallest absolute Gasteiger partial charge is 0.366 e. The van der Waals surface area contributed by atoms with E-state index in [1.807, 2.05) is 6.07 Å². The third kappa shape index (κ3) is 2.25. The maximum absolute atomic E-state index is 12.8. The summed E-state index contributed by atoms with van der Waals surface area (Å²) in [5, 5.41) is 3.90. The molecule has 4 nitrogen and oxygen atoms in total. The van der Waals surface area contributed by atoms with Crippen molar-refractivity contribution in [3.63, 3.8) is 0 Å². The minimum atomic E-state index is -4.33. The van der Waals surface area contributed by atoms with Gasteiger partial charge in [-0.2, -0.15) is 13.2 Å². The Balaban J connectivity index is 1.58. The van der Waals surface area contributed by atoms with Gasteiger partial charge in [0, 0.05) is 38.7 Å². The minimum absolute atomic E-state index is 0.154. The van der Waals surface area contributed by atoms with Crippen LogP contribution in [-0.4, -0.2) is 42.0 Å². The summed E-state index contributed by atoms with van der Waals surface area (Å²) in [5.41, 5.74) is -1.33. The van der Waals surface area contributed by atoms with Crippen LogP contribution in [0.25, 0.3) is 0 Å². The van der Waals surface area contributed by atoms with Crippen LogP contribution in [0.15, 0.2) is 10.6 Å². The van der Waals surface area contributed by atoms with Crippen LogP contribution in [0.3, 0.4) is 0 Å². The molecule has 0 aromatic carbocycles. The normalized spacial score (nSPS) is 23.4. The number of likely N-dealkylation sites (tertiary alicyclic amines) is 1. The van der Waals surface area contributed by atoms with Crippen molar-refractivity contribution in [3.8, 4) is 0 Å². The molecule has 1 aromatic heterocycles. The fourth-order valence-corrected chi connectivity index (χ4v) is 2.40. The van der Waals surface area contributed by atoms with E-state index in [-0.39, 0.29) is 13.1 Å². The lowest BCUT2D eigenvalue weighted by Crippen LogP contribution is -2.69. The average Bonchev–Trinajstić information content (AvgIpc) is 3.02. The number of rotatable bonds is 4. The standard InChI is InChI=1S/C12H15F3N2O2/c1-18-11(12(13,14)15)6-17(7-11)5-9-4-10(19-16-9)8-2-3-8/h4,8H,2-3,5-7H2,1H3. The average molecular weight is 276 g/mol. The number of aromatic nitrogens is 1. The molecule has 0 spiro atoms. The molecule has 0 N–H and O–H groups in total. The van der Waals surface area contributed by atoms with Crippen LogP contribution in [0.5, 0.6) is 0 Å². The summed E-state index contributed by atoms with van der Waals surface area (Å²) in [6, 6.07) is 1.85. The first kappa shape index (κ1) is 12.9. The Labute approximate surface area is 108 Å². The van der Waals surface area contributed by atoms with Crippen molar-refractivity contribution < 1.29 is 22.4 Å². The van der Waals surface area contributed by atoms with Crippen LogP contribution in [0.4, 0.5) is 13.2 Å². The van der Waals surface area contributed by atoms with Crippen molar-refractivity contribution >= 4 is 0 Å². The van der Waals surface area contributed by atoms with Gasteiger partial charge in [-0.25, -0.2) is 0 Å². The Kier molecular flexibility index (Phi) is 2.86. The molecule has 0 bridgehead atoms. The topological polar surface area (TPSA) is 38.5 Å². The van der Waals surface area contributed by atoms with Gasteiger partial charge in [0.25, 0.3) is 0 Å². The Bertz CT molecular complexity index is 462. The molecule has 1 aliphatic carbocycles. The van der Waals surface area contributed by atoms with Crippen LogP contribution in [0, 0.1) is 0 Å². The SMILES string of the molecule is COC1(C(F)(F)F)CN(Cc2cc(C3CC3)on2)C1. The summed E-state index contributed by atoms with van der Waals surface area (Å²) < 4.78 is 48.2. The van der Waals surface area contributed by atoms with E-state index in [9.17, 15) is 13.2 Å². The van der Waals surface area contributed by atoms with Gasteiger partial charge in [-0.3, -0.25) is 4.90 Å². The maximum atomic E-state index is 12.8. The third-order valence-electron chi connectivity index (χ3n) is 3.81. The van der Waals surface area contributed by atoms with Crippen molar-refractivity contribution in [2.45, 2.75) is 37.1 Å². The molecule has 0 amide bonds. The largest absolute Gasteiger partial charge is 0.419 e. The second-order valence-electron chi connectivity index (χ2n) is 5.34. The molecule has 0 unspecified atom stereocenters. The number of hydrogen-bond donors (Lipinski definition) is 0. The molecule has 106 valence electrons. The highest BCUT2D eigenvalue weighted by molar-refractivity contribution is 5.15. The molecule has 2 fully saturated rings. The predicted molar refractivity (Wildman–Crippen MR) is 59.6 cm³/mol. The van der Waals surface area contributed by atoms with Gasteiger partial charge in [-0.15, -0.1) is 0 Å². The van der Waals surface area contributed by atoms with Crippen molar-refractivity contribution in [1.29, 1.82) is 0 Å². The van der Waals surface area contributed by atoms with E-state index in [2.05, 4.69) is 9.89 Å². The van der Waals surface area contributed by atoms with Gasteiger partial charge in [0.2, 0.25) is 0 Å². The Morgan fingerprint density at radius 2 is 2.16 bits per heavy atom. The van der Waals surface area contributed by atoms with Gasteiger partial charge < -0.3 is 9.26 Å². The Hall–Kier alpha value is -1.08. The molecule has 2 heterocycles. The summed E-state index contributed by atoms with van der Waals surface area (Å²) in [6.45, 7) is 0.0641. The molecule has 1 saturated heterocycles. The first-order valence-corrected chi connectivity index (χ1v) is 6.23. The summed E-state index contributed by atoms with van der Waals surface area (Å²) in [6.07, 6.45) is -2.11. The zero-order valence-electron chi connectivity index (χ0n) is 10.5. The van der Waals surface area contributed by atoms with Crippen molar-refractivity contribution in [2.24, 2.45) is 0 Å². The third-order valence-corrected chi connectivity index (χ3v) is 3.81. The summed E-state index contributed by atoms with van der Waals surface area (Å²) in [4.78, 5) is 1.66. The molecule has 1 aromatic rings. The second kappa shape index (κ2) is 4.21. The highest BCUT2D eigenvalue weighted by atomic mass is 19.4. The number of methoxy groups -OCH3 is 1. The molecule has 0 radical (unpaired) electrons.